The van der Waals surface area contributed by atoms with Crippen LogP contribution in [0, 0.1) is 5.92 Å². The monoisotopic (exact) mass is 302 g/mol. The number of nitrogens with one attached hydrogen (secondary N) is 1. The molecule has 0 radical (unpaired) electrons. The number of rotatable bonds is 3. The number of pyridine rings is 1. The third kappa shape index (κ3) is 2.69. The van der Waals surface area contributed by atoms with E-state index in [1.165, 1.54) is 43.0 Å². The van der Waals surface area contributed by atoms with Gasteiger partial charge in [-0.25, -0.2) is 9.97 Å². The minimum absolute atomic E-state index is 0.385. The van der Waals surface area contributed by atoms with Crippen LogP contribution in [0.2, 0.25) is 0 Å². The van der Waals surface area contributed by atoms with E-state index < -0.39 is 0 Å². The Labute approximate surface area is 129 Å². The molecule has 0 aliphatic carbocycles. The SMILES string of the molecule is c1cnc2c(c1)nc(CC1CCCSC1)n2C1CCCN1. The third-order valence-electron chi connectivity index (χ3n) is 4.59. The smallest absolute Gasteiger partial charge is 0.161 e. The number of thioether (sulfide) groups is 1. The van der Waals surface area contributed by atoms with Crippen LogP contribution in [0.1, 0.15) is 37.7 Å². The van der Waals surface area contributed by atoms with Gasteiger partial charge in [0.1, 0.15) is 11.3 Å². The van der Waals surface area contributed by atoms with Gasteiger partial charge in [-0.2, -0.15) is 11.8 Å². The normalized spacial score (nSPS) is 26.5. The minimum Gasteiger partial charge on any atom is -0.297 e. The third-order valence-corrected chi connectivity index (χ3v) is 5.88. The van der Waals surface area contributed by atoms with Gasteiger partial charge in [0.2, 0.25) is 0 Å². The van der Waals surface area contributed by atoms with Gasteiger partial charge in [-0.3, -0.25) is 9.88 Å². The average molecular weight is 302 g/mol. The minimum atomic E-state index is 0.385. The van der Waals surface area contributed by atoms with Crippen molar-refractivity contribution in [3.8, 4) is 0 Å². The molecular formula is C16H22N4S. The molecule has 0 bridgehead atoms. The van der Waals surface area contributed by atoms with E-state index in [2.05, 4.69) is 32.7 Å². The van der Waals surface area contributed by atoms with Gasteiger partial charge in [0.05, 0.1) is 6.17 Å². The fourth-order valence-corrected chi connectivity index (χ4v) is 4.72. The first-order valence-corrected chi connectivity index (χ1v) is 9.20. The molecule has 2 atom stereocenters. The van der Waals surface area contributed by atoms with E-state index in [0.717, 1.165) is 30.0 Å². The molecule has 2 aliphatic rings. The van der Waals surface area contributed by atoms with Crippen molar-refractivity contribution in [2.45, 2.75) is 38.3 Å². The summed E-state index contributed by atoms with van der Waals surface area (Å²) >= 11 is 2.10. The Kier molecular flexibility index (Phi) is 3.86. The lowest BCUT2D eigenvalue weighted by atomic mass is 10.0. The molecule has 2 aromatic heterocycles. The Balaban J connectivity index is 1.70. The highest BCUT2D eigenvalue weighted by atomic mass is 32.2. The van der Waals surface area contributed by atoms with Crippen molar-refractivity contribution in [2.24, 2.45) is 5.92 Å². The van der Waals surface area contributed by atoms with Crippen LogP contribution >= 0.6 is 11.8 Å². The summed E-state index contributed by atoms with van der Waals surface area (Å²) in [4.78, 5) is 9.50. The Bertz CT molecular complexity index is 612. The lowest BCUT2D eigenvalue weighted by Gasteiger charge is -2.23. The zero-order valence-corrected chi connectivity index (χ0v) is 13.1. The number of fused-ring (bicyclic) bond motifs is 1. The van der Waals surface area contributed by atoms with Crippen LogP contribution in [0.15, 0.2) is 18.3 Å². The van der Waals surface area contributed by atoms with E-state index in [0.29, 0.717) is 6.17 Å². The van der Waals surface area contributed by atoms with Crippen LogP contribution in [0.3, 0.4) is 0 Å². The van der Waals surface area contributed by atoms with Gasteiger partial charge in [-0.1, -0.05) is 0 Å². The number of imidazole rings is 1. The highest BCUT2D eigenvalue weighted by Gasteiger charge is 2.25. The van der Waals surface area contributed by atoms with E-state index in [-0.39, 0.29) is 0 Å². The van der Waals surface area contributed by atoms with Gasteiger partial charge in [0, 0.05) is 12.6 Å². The first-order valence-electron chi connectivity index (χ1n) is 8.05. The highest BCUT2D eigenvalue weighted by Crippen LogP contribution is 2.29. The average Bonchev–Trinajstić information content (AvgIpc) is 3.14. The summed E-state index contributed by atoms with van der Waals surface area (Å²) in [6.45, 7) is 1.11. The summed E-state index contributed by atoms with van der Waals surface area (Å²) in [7, 11) is 0. The molecule has 0 aromatic carbocycles. The van der Waals surface area contributed by atoms with Gasteiger partial charge in [-0.15, -0.1) is 0 Å². The fourth-order valence-electron chi connectivity index (χ4n) is 3.56. The molecule has 2 fully saturated rings. The van der Waals surface area contributed by atoms with Crippen LogP contribution in [0.25, 0.3) is 11.2 Å². The highest BCUT2D eigenvalue weighted by molar-refractivity contribution is 7.99. The van der Waals surface area contributed by atoms with Crippen LogP contribution < -0.4 is 5.32 Å². The maximum absolute atomic E-state index is 4.90. The molecule has 4 nitrogen and oxygen atoms in total. The molecule has 5 heteroatoms. The lowest BCUT2D eigenvalue weighted by Crippen LogP contribution is -2.24. The molecule has 21 heavy (non-hydrogen) atoms. The van der Waals surface area contributed by atoms with Crippen LogP contribution in [-0.4, -0.2) is 32.6 Å². The van der Waals surface area contributed by atoms with Crippen LogP contribution in [0.5, 0.6) is 0 Å². The van der Waals surface area contributed by atoms with Crippen molar-refractivity contribution in [2.75, 3.05) is 18.1 Å². The van der Waals surface area contributed by atoms with E-state index >= 15 is 0 Å². The molecule has 2 unspecified atom stereocenters. The van der Waals surface area contributed by atoms with Crippen molar-refractivity contribution < 1.29 is 0 Å². The zero-order chi connectivity index (χ0) is 14.1. The summed E-state index contributed by atoms with van der Waals surface area (Å²) in [5, 5.41) is 3.61. The summed E-state index contributed by atoms with van der Waals surface area (Å²) < 4.78 is 2.38. The van der Waals surface area contributed by atoms with Crippen LogP contribution in [-0.2, 0) is 6.42 Å². The van der Waals surface area contributed by atoms with Gasteiger partial charge in [0.15, 0.2) is 5.65 Å². The van der Waals surface area contributed by atoms with E-state index in [1.807, 2.05) is 12.3 Å². The summed E-state index contributed by atoms with van der Waals surface area (Å²) in [6.07, 6.45) is 8.51. The molecule has 2 aliphatic heterocycles. The Hall–Kier alpha value is -1.07. The molecule has 1 N–H and O–H groups in total. The van der Waals surface area contributed by atoms with Crippen LogP contribution in [0.4, 0.5) is 0 Å². The quantitative estimate of drug-likeness (QED) is 0.946. The second-order valence-electron chi connectivity index (χ2n) is 6.14. The molecule has 0 spiro atoms. The molecule has 2 saturated heterocycles. The van der Waals surface area contributed by atoms with E-state index in [4.69, 9.17) is 4.98 Å². The van der Waals surface area contributed by atoms with E-state index in [1.54, 1.807) is 0 Å². The molecule has 112 valence electrons. The Morgan fingerprint density at radius 3 is 3.14 bits per heavy atom. The standard InChI is InChI=1S/C16H22N4S/c1-5-13-16(18-8-1)20(14-6-2-7-17-14)15(19-13)10-12-4-3-9-21-11-12/h1,5,8,12,14,17H,2-4,6-7,9-11H2. The Morgan fingerprint density at radius 2 is 2.33 bits per heavy atom. The van der Waals surface area contributed by atoms with Crippen molar-refractivity contribution in [1.29, 1.82) is 0 Å². The van der Waals surface area contributed by atoms with Gasteiger partial charge < -0.3 is 0 Å². The zero-order valence-electron chi connectivity index (χ0n) is 12.3. The van der Waals surface area contributed by atoms with Crippen molar-refractivity contribution in [1.82, 2.24) is 19.9 Å². The second kappa shape index (κ2) is 5.97. The van der Waals surface area contributed by atoms with Gasteiger partial charge in [-0.05, 0) is 61.8 Å². The maximum Gasteiger partial charge on any atom is 0.161 e. The summed E-state index contributed by atoms with van der Waals surface area (Å²) in [6, 6.07) is 4.08. The van der Waals surface area contributed by atoms with E-state index in [9.17, 15) is 0 Å². The topological polar surface area (TPSA) is 42.7 Å². The van der Waals surface area contributed by atoms with Gasteiger partial charge in [0.25, 0.3) is 0 Å². The number of aromatic nitrogens is 3. The maximum atomic E-state index is 4.90. The van der Waals surface area contributed by atoms with Gasteiger partial charge >= 0.3 is 0 Å². The van der Waals surface area contributed by atoms with Crippen molar-refractivity contribution in [3.05, 3.63) is 24.2 Å². The first-order chi connectivity index (χ1) is 10.4. The predicted octanol–water partition coefficient (Wildman–Crippen LogP) is 3.00. The predicted molar refractivity (Wildman–Crippen MR) is 87.6 cm³/mol. The molecular weight excluding hydrogens is 280 g/mol. The molecule has 2 aromatic rings. The first kappa shape index (κ1) is 13.6. The fraction of sp³-hybridized carbons (Fsp3) is 0.625. The molecule has 4 heterocycles. The number of nitrogens with zero attached hydrogens (tertiary/aromatic N) is 3. The second-order valence-corrected chi connectivity index (χ2v) is 7.29. The number of hydrogen-bond donors (Lipinski definition) is 1. The molecule has 0 amide bonds. The van der Waals surface area contributed by atoms with Crippen molar-refractivity contribution in [3.63, 3.8) is 0 Å². The largest absolute Gasteiger partial charge is 0.297 e. The van der Waals surface area contributed by atoms with Crippen molar-refractivity contribution >= 4 is 22.9 Å². The summed E-state index contributed by atoms with van der Waals surface area (Å²) in [5.41, 5.74) is 2.10. The molecule has 0 saturated carbocycles. The Morgan fingerprint density at radius 1 is 1.33 bits per heavy atom. The summed E-state index contributed by atoms with van der Waals surface area (Å²) in [5.74, 6) is 4.63. The number of hydrogen-bond acceptors (Lipinski definition) is 4. The lowest BCUT2D eigenvalue weighted by molar-refractivity contribution is 0.434. The molecule has 4 rings (SSSR count).